The molecule has 1 aliphatic heterocycles. The fourth-order valence-corrected chi connectivity index (χ4v) is 1.88. The van der Waals surface area contributed by atoms with E-state index in [1.807, 2.05) is 0 Å². The summed E-state index contributed by atoms with van der Waals surface area (Å²) in [7, 11) is 0. The normalized spacial score (nSPS) is 27.0. The third-order valence-corrected chi connectivity index (χ3v) is 2.87. The number of ether oxygens (including phenoxy) is 1. The lowest BCUT2D eigenvalue weighted by atomic mass is 10.1. The summed E-state index contributed by atoms with van der Waals surface area (Å²) in [5, 5.41) is 12.1. The predicted octanol–water partition coefficient (Wildman–Crippen LogP) is 1.31. The van der Waals surface area contributed by atoms with E-state index in [0.29, 0.717) is 18.8 Å². The molecule has 2 unspecified atom stereocenters. The number of nitrogens with one attached hydrogen (secondary N) is 1. The van der Waals surface area contributed by atoms with E-state index in [1.54, 1.807) is 0 Å². The topological polar surface area (TPSA) is 41.5 Å². The summed E-state index contributed by atoms with van der Waals surface area (Å²) < 4.78 is 5.47. The van der Waals surface area contributed by atoms with Gasteiger partial charge < -0.3 is 15.2 Å². The van der Waals surface area contributed by atoms with Gasteiger partial charge in [0.1, 0.15) is 0 Å². The van der Waals surface area contributed by atoms with Crippen LogP contribution in [-0.2, 0) is 4.74 Å². The highest BCUT2D eigenvalue weighted by molar-refractivity contribution is 4.78. The number of hydrogen-bond donors (Lipinski definition) is 2. The molecule has 0 aliphatic carbocycles. The van der Waals surface area contributed by atoms with Gasteiger partial charge in [0.2, 0.25) is 0 Å². The Balaban J connectivity index is 1.88. The molecule has 1 saturated heterocycles. The van der Waals surface area contributed by atoms with Crippen LogP contribution in [0.5, 0.6) is 0 Å². The average Bonchev–Trinajstić information content (AvgIpc) is 2.58. The van der Waals surface area contributed by atoms with Crippen LogP contribution in [0.3, 0.4) is 0 Å². The predicted molar refractivity (Wildman–Crippen MR) is 57.4 cm³/mol. The van der Waals surface area contributed by atoms with E-state index >= 15 is 0 Å². The fourth-order valence-electron chi connectivity index (χ4n) is 1.88. The maximum Gasteiger partial charge on any atom is 0.0700 e. The Bertz CT molecular complexity index is 141. The van der Waals surface area contributed by atoms with Crippen molar-refractivity contribution in [1.82, 2.24) is 5.32 Å². The van der Waals surface area contributed by atoms with Gasteiger partial charge >= 0.3 is 0 Å². The second-order valence-electron chi connectivity index (χ2n) is 4.06. The Kier molecular flexibility index (Phi) is 6.15. The maximum atomic E-state index is 8.60. The van der Waals surface area contributed by atoms with Crippen molar-refractivity contribution in [2.24, 2.45) is 0 Å². The molecule has 0 amide bonds. The quantitative estimate of drug-likeness (QED) is 0.610. The molecule has 84 valence electrons. The van der Waals surface area contributed by atoms with Gasteiger partial charge in [0.25, 0.3) is 0 Å². The summed E-state index contributed by atoms with van der Waals surface area (Å²) in [6.07, 6.45) is 6.06. The first-order valence-corrected chi connectivity index (χ1v) is 5.80. The molecule has 1 rings (SSSR count). The van der Waals surface area contributed by atoms with Gasteiger partial charge in [0.15, 0.2) is 0 Å². The van der Waals surface area contributed by atoms with Gasteiger partial charge in [-0.2, -0.15) is 0 Å². The SMILES string of the molecule is CC1OCCC1NCCCCCCO. The van der Waals surface area contributed by atoms with Crippen LogP contribution in [0.2, 0.25) is 0 Å². The van der Waals surface area contributed by atoms with Gasteiger partial charge in [-0.15, -0.1) is 0 Å². The molecule has 0 bridgehead atoms. The molecule has 3 nitrogen and oxygen atoms in total. The van der Waals surface area contributed by atoms with Crippen LogP contribution >= 0.6 is 0 Å². The summed E-state index contributed by atoms with van der Waals surface area (Å²) in [6.45, 7) is 4.46. The van der Waals surface area contributed by atoms with E-state index in [0.717, 1.165) is 32.4 Å². The van der Waals surface area contributed by atoms with Crippen LogP contribution in [0, 0.1) is 0 Å². The molecule has 0 saturated carbocycles. The zero-order chi connectivity index (χ0) is 10.2. The average molecular weight is 201 g/mol. The lowest BCUT2D eigenvalue weighted by molar-refractivity contribution is 0.113. The summed E-state index contributed by atoms with van der Waals surface area (Å²) in [5.74, 6) is 0. The Morgan fingerprint density at radius 1 is 1.29 bits per heavy atom. The first-order valence-electron chi connectivity index (χ1n) is 5.80. The summed E-state index contributed by atoms with van der Waals surface area (Å²) in [6, 6.07) is 0.563. The second kappa shape index (κ2) is 7.21. The van der Waals surface area contributed by atoms with Crippen molar-refractivity contribution in [2.75, 3.05) is 19.8 Å². The van der Waals surface area contributed by atoms with Crippen molar-refractivity contribution in [1.29, 1.82) is 0 Å². The minimum Gasteiger partial charge on any atom is -0.396 e. The molecule has 2 atom stereocenters. The molecule has 1 aliphatic rings. The minimum atomic E-state index is 0.334. The van der Waals surface area contributed by atoms with E-state index < -0.39 is 0 Å². The van der Waals surface area contributed by atoms with Crippen molar-refractivity contribution in [2.45, 2.75) is 51.2 Å². The molecule has 0 aromatic carbocycles. The van der Waals surface area contributed by atoms with Crippen molar-refractivity contribution in [3.63, 3.8) is 0 Å². The molecular weight excluding hydrogens is 178 g/mol. The zero-order valence-electron chi connectivity index (χ0n) is 9.17. The van der Waals surface area contributed by atoms with Crippen LogP contribution in [-0.4, -0.2) is 37.0 Å². The van der Waals surface area contributed by atoms with Crippen molar-refractivity contribution >= 4 is 0 Å². The molecular formula is C11H23NO2. The molecule has 14 heavy (non-hydrogen) atoms. The van der Waals surface area contributed by atoms with Gasteiger partial charge in [-0.3, -0.25) is 0 Å². The molecule has 0 radical (unpaired) electrons. The Morgan fingerprint density at radius 2 is 2.07 bits per heavy atom. The lowest BCUT2D eigenvalue weighted by Gasteiger charge is -2.15. The zero-order valence-corrected chi connectivity index (χ0v) is 9.17. The monoisotopic (exact) mass is 201 g/mol. The molecule has 0 aromatic heterocycles. The third kappa shape index (κ3) is 4.40. The first-order chi connectivity index (χ1) is 6.84. The Labute approximate surface area is 86.8 Å². The summed E-state index contributed by atoms with van der Waals surface area (Å²) >= 11 is 0. The van der Waals surface area contributed by atoms with E-state index in [4.69, 9.17) is 9.84 Å². The Hall–Kier alpha value is -0.120. The molecule has 2 N–H and O–H groups in total. The van der Waals surface area contributed by atoms with Crippen LogP contribution in [0.25, 0.3) is 0 Å². The number of aliphatic hydroxyl groups excluding tert-OH is 1. The smallest absolute Gasteiger partial charge is 0.0700 e. The second-order valence-corrected chi connectivity index (χ2v) is 4.06. The fraction of sp³-hybridized carbons (Fsp3) is 1.00. The van der Waals surface area contributed by atoms with Gasteiger partial charge in [-0.25, -0.2) is 0 Å². The minimum absolute atomic E-state index is 0.334. The number of unbranched alkanes of at least 4 members (excludes halogenated alkanes) is 3. The molecule has 1 fully saturated rings. The molecule has 0 aromatic rings. The standard InChI is InChI=1S/C11H23NO2/c1-10-11(6-9-14-10)12-7-4-2-3-5-8-13/h10-13H,2-9H2,1H3. The van der Waals surface area contributed by atoms with Crippen LogP contribution in [0.4, 0.5) is 0 Å². The molecule has 3 heteroatoms. The van der Waals surface area contributed by atoms with E-state index in [2.05, 4.69) is 12.2 Å². The molecule has 0 spiro atoms. The number of aliphatic hydroxyl groups is 1. The highest BCUT2D eigenvalue weighted by Crippen LogP contribution is 2.12. The van der Waals surface area contributed by atoms with Crippen molar-refractivity contribution in [3.05, 3.63) is 0 Å². The van der Waals surface area contributed by atoms with Gasteiger partial charge in [-0.05, 0) is 32.7 Å². The Morgan fingerprint density at radius 3 is 2.71 bits per heavy atom. The highest BCUT2D eigenvalue weighted by atomic mass is 16.5. The number of rotatable bonds is 7. The first kappa shape index (κ1) is 12.0. The lowest BCUT2D eigenvalue weighted by Crippen LogP contribution is -2.35. The number of hydrogen-bond acceptors (Lipinski definition) is 3. The highest BCUT2D eigenvalue weighted by Gasteiger charge is 2.22. The van der Waals surface area contributed by atoms with Crippen molar-refractivity contribution < 1.29 is 9.84 Å². The van der Waals surface area contributed by atoms with Gasteiger partial charge in [0.05, 0.1) is 6.10 Å². The molecule has 1 heterocycles. The third-order valence-electron chi connectivity index (χ3n) is 2.87. The van der Waals surface area contributed by atoms with E-state index in [-0.39, 0.29) is 0 Å². The van der Waals surface area contributed by atoms with Crippen LogP contribution < -0.4 is 5.32 Å². The summed E-state index contributed by atoms with van der Waals surface area (Å²) in [4.78, 5) is 0. The van der Waals surface area contributed by atoms with E-state index in [9.17, 15) is 0 Å². The summed E-state index contributed by atoms with van der Waals surface area (Å²) in [5.41, 5.74) is 0. The van der Waals surface area contributed by atoms with Crippen LogP contribution in [0.15, 0.2) is 0 Å². The van der Waals surface area contributed by atoms with Crippen molar-refractivity contribution in [3.8, 4) is 0 Å². The largest absolute Gasteiger partial charge is 0.396 e. The maximum absolute atomic E-state index is 8.60. The van der Waals surface area contributed by atoms with Gasteiger partial charge in [0, 0.05) is 19.3 Å². The van der Waals surface area contributed by atoms with Crippen LogP contribution in [0.1, 0.15) is 39.0 Å². The van der Waals surface area contributed by atoms with E-state index in [1.165, 1.54) is 12.8 Å². The van der Waals surface area contributed by atoms with Gasteiger partial charge in [-0.1, -0.05) is 12.8 Å².